The summed E-state index contributed by atoms with van der Waals surface area (Å²) in [6.07, 6.45) is 2.54. The molecule has 1 saturated carbocycles. The predicted octanol–water partition coefficient (Wildman–Crippen LogP) is 5.03. The van der Waals surface area contributed by atoms with Crippen LogP contribution in [0, 0.1) is 16.0 Å². The van der Waals surface area contributed by atoms with Crippen LogP contribution in [0.1, 0.15) is 19.8 Å². The molecule has 2 aromatic carbocycles. The van der Waals surface area contributed by atoms with Gasteiger partial charge < -0.3 is 9.30 Å². The Kier molecular flexibility index (Phi) is 3.92. The molecule has 1 fully saturated rings. The Hall–Kier alpha value is -2.82. The first-order chi connectivity index (χ1) is 12.2. The number of aromatic nitrogens is 1. The largest absolute Gasteiger partial charge is 0.494 e. The number of fused-ring (bicyclic) bond motifs is 1. The summed E-state index contributed by atoms with van der Waals surface area (Å²) in [6.45, 7) is 3.60. The van der Waals surface area contributed by atoms with Crippen molar-refractivity contribution in [2.45, 2.75) is 26.3 Å². The second kappa shape index (κ2) is 6.24. The number of nitro groups is 1. The number of nitrogens with zero attached hydrogens (tertiary/aromatic N) is 2. The van der Waals surface area contributed by atoms with Crippen molar-refractivity contribution in [3.05, 3.63) is 58.6 Å². The van der Waals surface area contributed by atoms with Gasteiger partial charge in [0.05, 0.1) is 17.0 Å². The standard InChI is InChI=1S/C20H20N2O3/c1-2-25-18-10-7-16-11-19(15-5-8-17(9-6-15)22(23)24)21(20(16)12-18)13-14-3-4-14/h5-12,14H,2-4,13H2,1H3. The molecule has 3 aromatic rings. The maximum Gasteiger partial charge on any atom is 0.269 e. The molecule has 0 radical (unpaired) electrons. The van der Waals surface area contributed by atoms with Crippen LogP contribution in [0.4, 0.5) is 5.69 Å². The van der Waals surface area contributed by atoms with E-state index in [2.05, 4.69) is 22.8 Å². The van der Waals surface area contributed by atoms with Crippen molar-refractivity contribution in [1.82, 2.24) is 4.57 Å². The van der Waals surface area contributed by atoms with Crippen molar-refractivity contribution in [1.29, 1.82) is 0 Å². The van der Waals surface area contributed by atoms with Gasteiger partial charge in [-0.15, -0.1) is 0 Å². The van der Waals surface area contributed by atoms with Crippen LogP contribution in [-0.2, 0) is 6.54 Å². The topological polar surface area (TPSA) is 57.3 Å². The van der Waals surface area contributed by atoms with E-state index >= 15 is 0 Å². The molecular weight excluding hydrogens is 316 g/mol. The highest BCUT2D eigenvalue weighted by Crippen LogP contribution is 2.37. The zero-order valence-electron chi connectivity index (χ0n) is 14.1. The summed E-state index contributed by atoms with van der Waals surface area (Å²) >= 11 is 0. The second-order valence-electron chi connectivity index (χ2n) is 6.54. The van der Waals surface area contributed by atoms with Crippen molar-refractivity contribution in [2.24, 2.45) is 5.92 Å². The average Bonchev–Trinajstić information content (AvgIpc) is 3.36. The summed E-state index contributed by atoms with van der Waals surface area (Å²) in [5, 5.41) is 12.1. The van der Waals surface area contributed by atoms with E-state index < -0.39 is 0 Å². The van der Waals surface area contributed by atoms with Crippen molar-refractivity contribution < 1.29 is 9.66 Å². The SMILES string of the molecule is CCOc1ccc2cc(-c3ccc([N+](=O)[O-])cc3)n(CC3CC3)c2c1. The highest BCUT2D eigenvalue weighted by atomic mass is 16.6. The lowest BCUT2D eigenvalue weighted by molar-refractivity contribution is -0.384. The van der Waals surface area contributed by atoms with Crippen LogP contribution in [0.3, 0.4) is 0 Å². The number of nitro benzene ring substituents is 1. The molecular formula is C20H20N2O3. The van der Waals surface area contributed by atoms with Gasteiger partial charge in [0.15, 0.2) is 0 Å². The summed E-state index contributed by atoms with van der Waals surface area (Å²) in [5.74, 6) is 1.60. The van der Waals surface area contributed by atoms with E-state index in [0.29, 0.717) is 6.61 Å². The first-order valence-corrected chi connectivity index (χ1v) is 8.66. The minimum atomic E-state index is -0.363. The van der Waals surface area contributed by atoms with Gasteiger partial charge in [-0.2, -0.15) is 0 Å². The first kappa shape index (κ1) is 15.7. The van der Waals surface area contributed by atoms with E-state index in [1.807, 2.05) is 25.1 Å². The van der Waals surface area contributed by atoms with Gasteiger partial charge in [0.25, 0.3) is 5.69 Å². The molecule has 1 aromatic heterocycles. The number of hydrogen-bond acceptors (Lipinski definition) is 3. The van der Waals surface area contributed by atoms with Crippen LogP contribution in [0.5, 0.6) is 5.75 Å². The molecule has 5 heteroatoms. The Morgan fingerprint density at radius 1 is 1.16 bits per heavy atom. The average molecular weight is 336 g/mol. The maximum atomic E-state index is 10.9. The molecule has 0 amide bonds. The molecule has 0 saturated heterocycles. The fourth-order valence-corrected chi connectivity index (χ4v) is 3.24. The van der Waals surface area contributed by atoms with Gasteiger partial charge in [0, 0.05) is 35.8 Å². The molecule has 128 valence electrons. The lowest BCUT2D eigenvalue weighted by atomic mass is 10.1. The zero-order valence-corrected chi connectivity index (χ0v) is 14.1. The van der Waals surface area contributed by atoms with Gasteiger partial charge >= 0.3 is 0 Å². The third-order valence-corrected chi connectivity index (χ3v) is 4.70. The minimum Gasteiger partial charge on any atom is -0.494 e. The number of benzene rings is 2. The highest BCUT2D eigenvalue weighted by molar-refractivity contribution is 5.88. The third-order valence-electron chi connectivity index (χ3n) is 4.70. The first-order valence-electron chi connectivity index (χ1n) is 8.66. The molecule has 5 nitrogen and oxygen atoms in total. The number of hydrogen-bond donors (Lipinski definition) is 0. The van der Waals surface area contributed by atoms with Gasteiger partial charge in [0.2, 0.25) is 0 Å². The lowest BCUT2D eigenvalue weighted by Crippen LogP contribution is -2.02. The molecule has 1 aliphatic rings. The van der Waals surface area contributed by atoms with Crippen LogP contribution in [-0.4, -0.2) is 16.1 Å². The van der Waals surface area contributed by atoms with Crippen LogP contribution < -0.4 is 4.74 Å². The fourth-order valence-electron chi connectivity index (χ4n) is 3.24. The quantitative estimate of drug-likeness (QED) is 0.469. The Morgan fingerprint density at radius 2 is 1.92 bits per heavy atom. The number of ether oxygens (including phenoxy) is 1. The van der Waals surface area contributed by atoms with E-state index in [1.54, 1.807) is 12.1 Å². The summed E-state index contributed by atoms with van der Waals surface area (Å²) < 4.78 is 7.99. The summed E-state index contributed by atoms with van der Waals surface area (Å²) in [7, 11) is 0. The number of rotatable bonds is 6. The third kappa shape index (κ3) is 3.09. The molecule has 0 aliphatic heterocycles. The van der Waals surface area contributed by atoms with Crippen LogP contribution in [0.2, 0.25) is 0 Å². The normalized spacial score (nSPS) is 14.0. The van der Waals surface area contributed by atoms with Crippen LogP contribution in [0.25, 0.3) is 22.2 Å². The molecule has 0 spiro atoms. The predicted molar refractivity (Wildman–Crippen MR) is 97.9 cm³/mol. The number of non-ortho nitro benzene ring substituents is 1. The van der Waals surface area contributed by atoms with Gasteiger partial charge in [0.1, 0.15) is 5.75 Å². The maximum absolute atomic E-state index is 10.9. The zero-order chi connectivity index (χ0) is 17.4. The van der Waals surface area contributed by atoms with E-state index in [9.17, 15) is 10.1 Å². The van der Waals surface area contributed by atoms with Crippen LogP contribution >= 0.6 is 0 Å². The molecule has 25 heavy (non-hydrogen) atoms. The Morgan fingerprint density at radius 3 is 2.56 bits per heavy atom. The van der Waals surface area contributed by atoms with Crippen molar-refractivity contribution >= 4 is 16.6 Å². The van der Waals surface area contributed by atoms with E-state index in [1.165, 1.54) is 12.8 Å². The van der Waals surface area contributed by atoms with E-state index in [4.69, 9.17) is 4.74 Å². The van der Waals surface area contributed by atoms with Gasteiger partial charge in [-0.25, -0.2) is 0 Å². The van der Waals surface area contributed by atoms with Crippen molar-refractivity contribution in [3.8, 4) is 17.0 Å². The molecule has 0 N–H and O–H groups in total. The van der Waals surface area contributed by atoms with Gasteiger partial charge in [-0.05, 0) is 61.6 Å². The highest BCUT2D eigenvalue weighted by Gasteiger charge is 2.24. The van der Waals surface area contributed by atoms with Gasteiger partial charge in [-0.3, -0.25) is 10.1 Å². The monoisotopic (exact) mass is 336 g/mol. The van der Waals surface area contributed by atoms with Crippen LogP contribution in [0.15, 0.2) is 48.5 Å². The molecule has 1 aliphatic carbocycles. The Balaban J connectivity index is 1.82. The molecule has 0 unspecified atom stereocenters. The summed E-state index contributed by atoms with van der Waals surface area (Å²) in [5.41, 5.74) is 3.38. The lowest BCUT2D eigenvalue weighted by Gasteiger charge is -2.11. The molecule has 4 rings (SSSR count). The van der Waals surface area contributed by atoms with Crippen molar-refractivity contribution in [3.63, 3.8) is 0 Å². The smallest absolute Gasteiger partial charge is 0.269 e. The second-order valence-corrected chi connectivity index (χ2v) is 6.54. The summed E-state index contributed by atoms with van der Waals surface area (Å²) in [4.78, 5) is 10.5. The molecule has 0 bridgehead atoms. The minimum absolute atomic E-state index is 0.118. The van der Waals surface area contributed by atoms with Gasteiger partial charge in [-0.1, -0.05) is 0 Å². The molecule has 1 heterocycles. The summed E-state index contributed by atoms with van der Waals surface area (Å²) in [6, 6.07) is 15.1. The van der Waals surface area contributed by atoms with E-state index in [0.717, 1.165) is 40.4 Å². The molecule has 0 atom stereocenters. The Bertz CT molecular complexity index is 924. The van der Waals surface area contributed by atoms with E-state index in [-0.39, 0.29) is 10.6 Å². The fraction of sp³-hybridized carbons (Fsp3) is 0.300. The van der Waals surface area contributed by atoms with Crippen molar-refractivity contribution in [2.75, 3.05) is 6.61 Å². The Labute approximate surface area is 146 Å².